The topological polar surface area (TPSA) is 17.1 Å². The molecule has 0 radical (unpaired) electrons. The van der Waals surface area contributed by atoms with Gasteiger partial charge in [0, 0.05) is 16.3 Å². The quantitative estimate of drug-likeness (QED) is 0.822. The standard InChI is InChI=1S/C12H12BrFO/c1-12(2-3-12)11(15)6-8-4-9(13)7-10(14)5-8/h4-5,7H,2-3,6H2,1H3. The number of hydrogen-bond donors (Lipinski definition) is 0. The Hall–Kier alpha value is -0.700. The van der Waals surface area contributed by atoms with E-state index in [9.17, 15) is 9.18 Å². The van der Waals surface area contributed by atoms with Gasteiger partial charge in [-0.05, 0) is 36.6 Å². The van der Waals surface area contributed by atoms with Gasteiger partial charge in [0.2, 0.25) is 0 Å². The number of benzene rings is 1. The van der Waals surface area contributed by atoms with Crippen LogP contribution in [0.3, 0.4) is 0 Å². The van der Waals surface area contributed by atoms with Crippen LogP contribution in [0.1, 0.15) is 25.3 Å². The first-order chi connectivity index (χ1) is 6.99. The Morgan fingerprint density at radius 2 is 2.13 bits per heavy atom. The van der Waals surface area contributed by atoms with Gasteiger partial charge in [-0.25, -0.2) is 4.39 Å². The molecule has 0 N–H and O–H groups in total. The molecule has 2 rings (SSSR count). The zero-order valence-corrected chi connectivity index (χ0v) is 10.1. The second-order valence-electron chi connectivity index (χ2n) is 4.44. The van der Waals surface area contributed by atoms with Crippen LogP contribution < -0.4 is 0 Å². The molecule has 15 heavy (non-hydrogen) atoms. The van der Waals surface area contributed by atoms with Crippen LogP contribution in [-0.2, 0) is 11.2 Å². The van der Waals surface area contributed by atoms with Crippen molar-refractivity contribution >= 4 is 21.7 Å². The number of carbonyl (C=O) groups is 1. The number of rotatable bonds is 3. The number of Topliss-reactive ketones (excluding diaryl/α,β-unsaturated/α-hetero) is 1. The molecule has 0 unspecified atom stereocenters. The fourth-order valence-corrected chi connectivity index (χ4v) is 2.09. The predicted molar refractivity (Wildman–Crippen MR) is 60.2 cm³/mol. The van der Waals surface area contributed by atoms with Crippen LogP contribution in [0.15, 0.2) is 22.7 Å². The highest BCUT2D eigenvalue weighted by Gasteiger charge is 2.43. The molecule has 1 aromatic carbocycles. The Morgan fingerprint density at radius 1 is 1.47 bits per heavy atom. The lowest BCUT2D eigenvalue weighted by Gasteiger charge is -2.07. The van der Waals surface area contributed by atoms with Gasteiger partial charge in [-0.2, -0.15) is 0 Å². The van der Waals surface area contributed by atoms with E-state index in [2.05, 4.69) is 15.9 Å². The normalized spacial score (nSPS) is 17.5. The summed E-state index contributed by atoms with van der Waals surface area (Å²) in [6.07, 6.45) is 2.29. The molecule has 0 aromatic heterocycles. The summed E-state index contributed by atoms with van der Waals surface area (Å²) in [7, 11) is 0. The maximum absolute atomic E-state index is 13.0. The molecule has 0 atom stereocenters. The molecule has 1 nitrogen and oxygen atoms in total. The highest BCUT2D eigenvalue weighted by Crippen LogP contribution is 2.46. The molecule has 1 aromatic rings. The van der Waals surface area contributed by atoms with Crippen LogP contribution in [-0.4, -0.2) is 5.78 Å². The second kappa shape index (κ2) is 3.71. The summed E-state index contributed by atoms with van der Waals surface area (Å²) < 4.78 is 13.7. The highest BCUT2D eigenvalue weighted by molar-refractivity contribution is 9.10. The second-order valence-corrected chi connectivity index (χ2v) is 5.35. The van der Waals surface area contributed by atoms with Crippen molar-refractivity contribution in [1.82, 2.24) is 0 Å². The summed E-state index contributed by atoms with van der Waals surface area (Å²) in [5, 5.41) is 0. The first kappa shape index (κ1) is 10.8. The molecule has 0 saturated heterocycles. The minimum absolute atomic E-state index is 0.126. The lowest BCUT2D eigenvalue weighted by molar-refractivity contribution is -0.122. The van der Waals surface area contributed by atoms with Crippen LogP contribution >= 0.6 is 15.9 Å². The Labute approximate surface area is 96.8 Å². The fraction of sp³-hybridized carbons (Fsp3) is 0.417. The molecule has 1 aliphatic rings. The molecule has 0 spiro atoms. The summed E-state index contributed by atoms with van der Waals surface area (Å²) in [6.45, 7) is 1.98. The van der Waals surface area contributed by atoms with Gasteiger partial charge in [-0.3, -0.25) is 4.79 Å². The molecule has 1 fully saturated rings. The molecule has 0 aliphatic heterocycles. The third kappa shape index (κ3) is 2.46. The highest BCUT2D eigenvalue weighted by atomic mass is 79.9. The van der Waals surface area contributed by atoms with E-state index in [1.807, 2.05) is 6.92 Å². The predicted octanol–water partition coefficient (Wildman–Crippen LogP) is 3.50. The van der Waals surface area contributed by atoms with E-state index in [4.69, 9.17) is 0 Å². The fourth-order valence-electron chi connectivity index (χ4n) is 1.58. The van der Waals surface area contributed by atoms with Gasteiger partial charge in [-0.1, -0.05) is 22.9 Å². The van der Waals surface area contributed by atoms with E-state index in [0.29, 0.717) is 10.9 Å². The summed E-state index contributed by atoms with van der Waals surface area (Å²) in [5.41, 5.74) is 0.624. The maximum Gasteiger partial charge on any atom is 0.143 e. The zero-order valence-electron chi connectivity index (χ0n) is 8.52. The van der Waals surface area contributed by atoms with Crippen molar-refractivity contribution in [2.24, 2.45) is 5.41 Å². The van der Waals surface area contributed by atoms with E-state index >= 15 is 0 Å². The van der Waals surface area contributed by atoms with E-state index in [1.165, 1.54) is 12.1 Å². The summed E-state index contributed by atoms with van der Waals surface area (Å²) >= 11 is 3.22. The number of ketones is 1. The Morgan fingerprint density at radius 3 is 2.67 bits per heavy atom. The summed E-state index contributed by atoms with van der Waals surface area (Å²) in [5.74, 6) is -0.0758. The average Bonchev–Trinajstić information content (AvgIpc) is 2.83. The van der Waals surface area contributed by atoms with Crippen LogP contribution in [0.5, 0.6) is 0 Å². The van der Waals surface area contributed by atoms with Crippen LogP contribution in [0.25, 0.3) is 0 Å². The van der Waals surface area contributed by atoms with Gasteiger partial charge in [0.25, 0.3) is 0 Å². The van der Waals surface area contributed by atoms with E-state index in [-0.39, 0.29) is 17.0 Å². The first-order valence-corrected chi connectivity index (χ1v) is 5.77. The Balaban J connectivity index is 2.13. The lowest BCUT2D eigenvalue weighted by atomic mass is 9.97. The molecule has 0 bridgehead atoms. The summed E-state index contributed by atoms with van der Waals surface area (Å²) in [6, 6.07) is 4.62. The molecular weight excluding hydrogens is 259 g/mol. The van der Waals surface area contributed by atoms with Gasteiger partial charge in [0.15, 0.2) is 0 Å². The van der Waals surface area contributed by atoms with Crippen molar-refractivity contribution in [3.8, 4) is 0 Å². The smallest absolute Gasteiger partial charge is 0.143 e. The minimum Gasteiger partial charge on any atom is -0.299 e. The van der Waals surface area contributed by atoms with Gasteiger partial charge in [-0.15, -0.1) is 0 Å². The maximum atomic E-state index is 13.0. The number of hydrogen-bond acceptors (Lipinski definition) is 1. The van der Waals surface area contributed by atoms with Crippen molar-refractivity contribution < 1.29 is 9.18 Å². The largest absolute Gasteiger partial charge is 0.299 e. The van der Waals surface area contributed by atoms with Gasteiger partial charge < -0.3 is 0 Å². The number of halogens is 2. The zero-order chi connectivity index (χ0) is 11.1. The van der Waals surface area contributed by atoms with Crippen molar-refractivity contribution in [3.63, 3.8) is 0 Å². The van der Waals surface area contributed by atoms with Crippen molar-refractivity contribution in [2.75, 3.05) is 0 Å². The Kier molecular flexibility index (Phi) is 2.67. The molecule has 0 heterocycles. The van der Waals surface area contributed by atoms with Crippen LogP contribution in [0.2, 0.25) is 0 Å². The lowest BCUT2D eigenvalue weighted by Crippen LogP contribution is -2.14. The minimum atomic E-state index is -0.298. The third-order valence-corrected chi connectivity index (χ3v) is 3.42. The van der Waals surface area contributed by atoms with Gasteiger partial charge >= 0.3 is 0 Å². The van der Waals surface area contributed by atoms with Crippen LogP contribution in [0.4, 0.5) is 4.39 Å². The molecule has 0 amide bonds. The molecule has 1 saturated carbocycles. The van der Waals surface area contributed by atoms with Crippen molar-refractivity contribution in [1.29, 1.82) is 0 Å². The van der Waals surface area contributed by atoms with Crippen molar-refractivity contribution in [3.05, 3.63) is 34.1 Å². The van der Waals surface area contributed by atoms with Gasteiger partial charge in [0.1, 0.15) is 11.6 Å². The molecule has 3 heteroatoms. The van der Waals surface area contributed by atoms with Crippen molar-refractivity contribution in [2.45, 2.75) is 26.2 Å². The Bertz CT molecular complexity index is 390. The molecule has 80 valence electrons. The monoisotopic (exact) mass is 270 g/mol. The first-order valence-electron chi connectivity index (χ1n) is 4.98. The van der Waals surface area contributed by atoms with E-state index < -0.39 is 0 Å². The van der Waals surface area contributed by atoms with Gasteiger partial charge in [0.05, 0.1) is 0 Å². The molecular formula is C12H12BrFO. The molecule has 1 aliphatic carbocycles. The van der Waals surface area contributed by atoms with E-state index in [1.54, 1.807) is 6.07 Å². The van der Waals surface area contributed by atoms with Crippen LogP contribution in [0, 0.1) is 11.2 Å². The SMILES string of the molecule is CC1(C(=O)Cc2cc(F)cc(Br)c2)CC1. The summed E-state index contributed by atoms with van der Waals surface area (Å²) in [4.78, 5) is 11.8. The average molecular weight is 271 g/mol. The van der Waals surface area contributed by atoms with E-state index in [0.717, 1.165) is 18.4 Å². The third-order valence-electron chi connectivity index (χ3n) is 2.96. The number of carbonyl (C=O) groups excluding carboxylic acids is 1.